The van der Waals surface area contributed by atoms with E-state index in [0.717, 1.165) is 0 Å². The molecule has 0 fully saturated rings. The maximum atomic E-state index is 11.9. The molecular formula is C14H14O5. The van der Waals surface area contributed by atoms with E-state index >= 15 is 0 Å². The molecule has 1 aromatic rings. The Bertz CT molecular complexity index is 559. The van der Waals surface area contributed by atoms with Crippen molar-refractivity contribution in [2.45, 2.75) is 20.0 Å². The zero-order valence-corrected chi connectivity index (χ0v) is 10.7. The van der Waals surface area contributed by atoms with Crippen LogP contribution in [0.2, 0.25) is 0 Å². The topological polar surface area (TPSA) is 72.8 Å². The number of hydrogen-bond donors (Lipinski definition) is 1. The fourth-order valence-corrected chi connectivity index (χ4v) is 2.05. The van der Waals surface area contributed by atoms with Gasteiger partial charge in [-0.05, 0) is 25.5 Å². The Morgan fingerprint density at radius 3 is 2.68 bits per heavy atom. The largest absolute Gasteiger partial charge is 0.478 e. The minimum Gasteiger partial charge on any atom is -0.478 e. The van der Waals surface area contributed by atoms with Crippen molar-refractivity contribution in [2.75, 3.05) is 6.61 Å². The predicted octanol–water partition coefficient (Wildman–Crippen LogP) is 1.87. The molecule has 0 aromatic heterocycles. The molecule has 0 aliphatic carbocycles. The number of aliphatic carboxylic acids is 1. The highest BCUT2D eigenvalue weighted by Crippen LogP contribution is 2.36. The van der Waals surface area contributed by atoms with Gasteiger partial charge in [0.15, 0.2) is 0 Å². The van der Waals surface area contributed by atoms with E-state index in [4.69, 9.17) is 9.47 Å². The van der Waals surface area contributed by atoms with Crippen molar-refractivity contribution in [1.29, 1.82) is 0 Å². The van der Waals surface area contributed by atoms with Crippen LogP contribution in [-0.2, 0) is 14.3 Å². The molecule has 1 aliphatic rings. The molecule has 1 unspecified atom stereocenters. The van der Waals surface area contributed by atoms with Gasteiger partial charge in [0.2, 0.25) is 6.10 Å². The number of carbonyl (C=O) groups is 2. The van der Waals surface area contributed by atoms with E-state index in [0.29, 0.717) is 16.9 Å². The van der Waals surface area contributed by atoms with Crippen LogP contribution >= 0.6 is 0 Å². The molecule has 0 radical (unpaired) electrons. The Morgan fingerprint density at radius 1 is 1.37 bits per heavy atom. The van der Waals surface area contributed by atoms with Gasteiger partial charge in [0.05, 0.1) is 12.2 Å². The lowest BCUT2D eigenvalue weighted by atomic mass is 9.94. The number of carbonyl (C=O) groups excluding carboxylic acids is 1. The summed E-state index contributed by atoms with van der Waals surface area (Å²) in [5.74, 6) is -1.40. The zero-order valence-electron chi connectivity index (χ0n) is 10.7. The summed E-state index contributed by atoms with van der Waals surface area (Å²) in [7, 11) is 0. The third kappa shape index (κ3) is 2.31. The Labute approximate surface area is 110 Å². The van der Waals surface area contributed by atoms with Crippen LogP contribution in [0.25, 0.3) is 5.57 Å². The van der Waals surface area contributed by atoms with Crippen LogP contribution in [0.5, 0.6) is 5.75 Å². The quantitative estimate of drug-likeness (QED) is 0.842. The predicted molar refractivity (Wildman–Crippen MR) is 67.7 cm³/mol. The van der Waals surface area contributed by atoms with Gasteiger partial charge in [-0.25, -0.2) is 9.59 Å². The molecule has 0 amide bonds. The van der Waals surface area contributed by atoms with E-state index in [9.17, 15) is 14.7 Å². The van der Waals surface area contributed by atoms with Crippen molar-refractivity contribution in [3.8, 4) is 5.75 Å². The van der Waals surface area contributed by atoms with E-state index in [2.05, 4.69) is 0 Å². The van der Waals surface area contributed by atoms with E-state index in [1.165, 1.54) is 0 Å². The van der Waals surface area contributed by atoms with Gasteiger partial charge in [0.25, 0.3) is 0 Å². The smallest absolute Gasteiger partial charge is 0.349 e. The minimum atomic E-state index is -1.33. The molecule has 5 heteroatoms. The van der Waals surface area contributed by atoms with Gasteiger partial charge in [-0.3, -0.25) is 0 Å². The number of allylic oxidation sites excluding steroid dienone is 1. The molecule has 1 heterocycles. The van der Waals surface area contributed by atoms with Crippen molar-refractivity contribution in [3.63, 3.8) is 0 Å². The van der Waals surface area contributed by atoms with Crippen LogP contribution in [0.4, 0.5) is 0 Å². The summed E-state index contributed by atoms with van der Waals surface area (Å²) in [5.41, 5.74) is 1.34. The molecule has 0 bridgehead atoms. The highest BCUT2D eigenvalue weighted by molar-refractivity contribution is 6.05. The standard InChI is InChI=1S/C14H14O5/c1-3-18-14(17)11-8(2)9-6-4-5-7-10(9)19-12(11)13(15)16/h4-7,12H,3H2,1-2H3,(H,15,16). The minimum absolute atomic E-state index is 0.0491. The lowest BCUT2D eigenvalue weighted by Gasteiger charge is -2.26. The average molecular weight is 262 g/mol. The Balaban J connectivity index is 2.55. The van der Waals surface area contributed by atoms with Crippen LogP contribution in [0, 0.1) is 0 Å². The van der Waals surface area contributed by atoms with Crippen molar-refractivity contribution in [2.24, 2.45) is 0 Å². The van der Waals surface area contributed by atoms with E-state index < -0.39 is 18.0 Å². The van der Waals surface area contributed by atoms with Gasteiger partial charge in [-0.1, -0.05) is 18.2 Å². The Morgan fingerprint density at radius 2 is 2.05 bits per heavy atom. The van der Waals surface area contributed by atoms with Gasteiger partial charge >= 0.3 is 11.9 Å². The summed E-state index contributed by atoms with van der Waals surface area (Å²) in [4.78, 5) is 23.2. The van der Waals surface area contributed by atoms with E-state index in [1.54, 1.807) is 38.1 Å². The molecule has 2 rings (SSSR count). The van der Waals surface area contributed by atoms with Gasteiger partial charge < -0.3 is 14.6 Å². The van der Waals surface area contributed by atoms with Crippen molar-refractivity contribution in [1.82, 2.24) is 0 Å². The SMILES string of the molecule is CCOC(=O)C1=C(C)c2ccccc2OC1C(=O)O. The number of carboxylic acid groups (broad SMARTS) is 1. The van der Waals surface area contributed by atoms with Crippen molar-refractivity contribution >= 4 is 17.5 Å². The first-order valence-corrected chi connectivity index (χ1v) is 5.93. The first-order chi connectivity index (χ1) is 9.06. The van der Waals surface area contributed by atoms with Crippen LogP contribution < -0.4 is 4.74 Å². The second-order valence-electron chi connectivity index (χ2n) is 4.09. The van der Waals surface area contributed by atoms with Crippen molar-refractivity contribution in [3.05, 3.63) is 35.4 Å². The number of para-hydroxylation sites is 1. The second-order valence-corrected chi connectivity index (χ2v) is 4.09. The highest BCUT2D eigenvalue weighted by Gasteiger charge is 2.36. The number of hydrogen-bond acceptors (Lipinski definition) is 4. The lowest BCUT2D eigenvalue weighted by Crippen LogP contribution is -2.36. The normalized spacial score (nSPS) is 17.5. The molecule has 5 nitrogen and oxygen atoms in total. The summed E-state index contributed by atoms with van der Waals surface area (Å²) in [6.07, 6.45) is -1.33. The molecule has 0 spiro atoms. The summed E-state index contributed by atoms with van der Waals surface area (Å²) < 4.78 is 10.3. The summed E-state index contributed by atoms with van der Waals surface area (Å²) in [6, 6.07) is 7.01. The molecule has 1 atom stereocenters. The molecular weight excluding hydrogens is 248 g/mol. The van der Waals surface area contributed by atoms with E-state index in [1.807, 2.05) is 0 Å². The zero-order chi connectivity index (χ0) is 14.0. The second kappa shape index (κ2) is 5.14. The summed E-state index contributed by atoms with van der Waals surface area (Å²) >= 11 is 0. The van der Waals surface area contributed by atoms with E-state index in [-0.39, 0.29) is 12.2 Å². The number of benzene rings is 1. The summed E-state index contributed by atoms with van der Waals surface area (Å²) in [5, 5.41) is 9.20. The molecule has 0 saturated heterocycles. The lowest BCUT2D eigenvalue weighted by molar-refractivity contribution is -0.148. The maximum absolute atomic E-state index is 11.9. The van der Waals surface area contributed by atoms with Crippen molar-refractivity contribution < 1.29 is 24.2 Å². The maximum Gasteiger partial charge on any atom is 0.349 e. The fourth-order valence-electron chi connectivity index (χ4n) is 2.05. The third-order valence-electron chi connectivity index (χ3n) is 2.92. The van der Waals surface area contributed by atoms with Gasteiger partial charge in [-0.15, -0.1) is 0 Å². The summed E-state index contributed by atoms with van der Waals surface area (Å²) in [6.45, 7) is 3.55. The number of carboxylic acids is 1. The monoisotopic (exact) mass is 262 g/mol. The molecule has 19 heavy (non-hydrogen) atoms. The van der Waals surface area contributed by atoms with Gasteiger partial charge in [0.1, 0.15) is 5.75 Å². The number of esters is 1. The molecule has 1 aliphatic heterocycles. The van der Waals surface area contributed by atoms with Crippen LogP contribution in [0.1, 0.15) is 19.4 Å². The highest BCUT2D eigenvalue weighted by atomic mass is 16.5. The molecule has 100 valence electrons. The van der Waals surface area contributed by atoms with Crippen LogP contribution in [-0.4, -0.2) is 29.8 Å². The third-order valence-corrected chi connectivity index (χ3v) is 2.92. The van der Waals surface area contributed by atoms with Gasteiger partial charge in [-0.2, -0.15) is 0 Å². The molecule has 1 aromatic carbocycles. The number of fused-ring (bicyclic) bond motifs is 1. The van der Waals surface area contributed by atoms with Crippen LogP contribution in [0.3, 0.4) is 0 Å². The first kappa shape index (κ1) is 13.1. The number of ether oxygens (including phenoxy) is 2. The Kier molecular flexibility index (Phi) is 3.55. The average Bonchev–Trinajstić information content (AvgIpc) is 2.38. The van der Waals surface area contributed by atoms with Gasteiger partial charge in [0, 0.05) is 5.56 Å². The number of rotatable bonds is 3. The first-order valence-electron chi connectivity index (χ1n) is 5.93. The van der Waals surface area contributed by atoms with Crippen LogP contribution in [0.15, 0.2) is 29.8 Å². The Hall–Kier alpha value is -2.30. The molecule has 0 saturated carbocycles. The molecule has 1 N–H and O–H groups in total. The fraction of sp³-hybridized carbons (Fsp3) is 0.286.